The lowest BCUT2D eigenvalue weighted by Gasteiger charge is -2.16. The molecule has 1 atom stereocenters. The molecule has 19 heavy (non-hydrogen) atoms. The minimum atomic E-state index is -0.703. The highest BCUT2D eigenvalue weighted by atomic mass is 16.5. The van der Waals surface area contributed by atoms with E-state index in [1.807, 2.05) is 6.07 Å². The van der Waals surface area contributed by atoms with Gasteiger partial charge in [-0.2, -0.15) is 5.26 Å². The van der Waals surface area contributed by atoms with E-state index in [4.69, 9.17) is 10.00 Å². The monoisotopic (exact) mass is 260 g/mol. The lowest BCUT2D eigenvalue weighted by molar-refractivity contribution is -0.147. The Balaban J connectivity index is 2.78. The van der Waals surface area contributed by atoms with E-state index in [0.29, 0.717) is 12.0 Å². The van der Waals surface area contributed by atoms with Crippen LogP contribution in [0.1, 0.15) is 25.0 Å². The Bertz CT molecular complexity index is 488. The van der Waals surface area contributed by atoms with Crippen LogP contribution in [0, 0.1) is 11.3 Å². The normalized spacial score (nSPS) is 11.2. The first-order valence-corrected chi connectivity index (χ1v) is 5.99. The fourth-order valence-electron chi connectivity index (χ4n) is 1.63. The van der Waals surface area contributed by atoms with Gasteiger partial charge in [0.05, 0.1) is 18.2 Å². The Labute approximate surface area is 112 Å². The van der Waals surface area contributed by atoms with E-state index < -0.39 is 12.0 Å². The lowest BCUT2D eigenvalue weighted by Crippen LogP contribution is -2.42. The molecule has 1 aromatic rings. The van der Waals surface area contributed by atoms with Crippen molar-refractivity contribution in [3.63, 3.8) is 0 Å². The third kappa shape index (κ3) is 4.80. The van der Waals surface area contributed by atoms with Gasteiger partial charge in [0.25, 0.3) is 0 Å². The summed E-state index contributed by atoms with van der Waals surface area (Å²) in [6.07, 6.45) is 0.337. The van der Waals surface area contributed by atoms with Gasteiger partial charge in [0.1, 0.15) is 6.04 Å². The predicted molar refractivity (Wildman–Crippen MR) is 69.1 cm³/mol. The molecule has 1 rings (SSSR count). The molecule has 1 amide bonds. The molecule has 1 unspecified atom stereocenters. The molecule has 0 radical (unpaired) electrons. The minimum Gasteiger partial charge on any atom is -0.464 e. The summed E-state index contributed by atoms with van der Waals surface area (Å²) in [5, 5.41) is 11.3. The molecular weight excluding hydrogens is 244 g/mol. The fourth-order valence-corrected chi connectivity index (χ4v) is 1.63. The van der Waals surface area contributed by atoms with Gasteiger partial charge in [0, 0.05) is 13.3 Å². The number of amides is 1. The van der Waals surface area contributed by atoms with Gasteiger partial charge >= 0.3 is 5.97 Å². The minimum absolute atomic E-state index is 0.266. The van der Waals surface area contributed by atoms with Crippen LogP contribution in [-0.4, -0.2) is 24.5 Å². The maximum atomic E-state index is 11.7. The Hall–Kier alpha value is -2.35. The molecule has 0 aromatic heterocycles. The topological polar surface area (TPSA) is 79.2 Å². The molecule has 0 aliphatic carbocycles. The molecule has 100 valence electrons. The van der Waals surface area contributed by atoms with Crippen molar-refractivity contribution in [2.45, 2.75) is 26.3 Å². The molecule has 0 aliphatic rings. The van der Waals surface area contributed by atoms with Crippen LogP contribution in [0.5, 0.6) is 0 Å². The van der Waals surface area contributed by atoms with Crippen LogP contribution in [0.4, 0.5) is 0 Å². The summed E-state index contributed by atoms with van der Waals surface area (Å²) in [6.45, 7) is 3.33. The number of benzene rings is 1. The van der Waals surface area contributed by atoms with Crippen molar-refractivity contribution >= 4 is 11.9 Å². The van der Waals surface area contributed by atoms with E-state index in [9.17, 15) is 9.59 Å². The first kappa shape index (κ1) is 14.7. The second-order valence-electron chi connectivity index (χ2n) is 4.02. The fraction of sp³-hybridized carbons (Fsp3) is 0.357. The number of carbonyl (C=O) groups is 2. The van der Waals surface area contributed by atoms with Crippen molar-refractivity contribution in [2.75, 3.05) is 6.61 Å². The largest absolute Gasteiger partial charge is 0.464 e. The van der Waals surface area contributed by atoms with Crippen LogP contribution < -0.4 is 5.32 Å². The SMILES string of the molecule is CCOC(=O)C(Cc1ccc(C#N)cc1)NC(C)=O. The average Bonchev–Trinajstić information content (AvgIpc) is 2.38. The van der Waals surface area contributed by atoms with Crippen LogP contribution in [0.2, 0.25) is 0 Å². The summed E-state index contributed by atoms with van der Waals surface area (Å²) >= 11 is 0. The third-order valence-electron chi connectivity index (χ3n) is 2.47. The van der Waals surface area contributed by atoms with Crippen molar-refractivity contribution in [1.29, 1.82) is 5.26 Å². The van der Waals surface area contributed by atoms with Gasteiger partial charge in [-0.15, -0.1) is 0 Å². The summed E-state index contributed by atoms with van der Waals surface area (Å²) in [4.78, 5) is 22.8. The number of ether oxygens (including phenoxy) is 1. The van der Waals surface area contributed by atoms with E-state index in [1.165, 1.54) is 6.92 Å². The third-order valence-corrected chi connectivity index (χ3v) is 2.47. The first-order valence-electron chi connectivity index (χ1n) is 5.99. The van der Waals surface area contributed by atoms with Crippen LogP contribution in [0.3, 0.4) is 0 Å². The zero-order valence-corrected chi connectivity index (χ0v) is 11.0. The van der Waals surface area contributed by atoms with Gasteiger partial charge in [-0.1, -0.05) is 12.1 Å². The summed E-state index contributed by atoms with van der Waals surface area (Å²) in [5.74, 6) is -0.742. The molecule has 1 N–H and O–H groups in total. The molecular formula is C14H16N2O3. The maximum absolute atomic E-state index is 11.7. The summed E-state index contributed by atoms with van der Waals surface area (Å²) in [6, 6.07) is 8.18. The van der Waals surface area contributed by atoms with E-state index >= 15 is 0 Å². The first-order chi connectivity index (χ1) is 9.06. The summed E-state index contributed by atoms with van der Waals surface area (Å²) < 4.78 is 4.92. The van der Waals surface area contributed by atoms with Gasteiger partial charge in [0.2, 0.25) is 5.91 Å². The van der Waals surface area contributed by atoms with E-state index in [1.54, 1.807) is 31.2 Å². The standard InChI is InChI=1S/C14H16N2O3/c1-3-19-14(18)13(16-10(2)17)8-11-4-6-12(9-15)7-5-11/h4-7,13H,3,8H2,1-2H3,(H,16,17). The van der Waals surface area contributed by atoms with Crippen LogP contribution in [-0.2, 0) is 20.7 Å². The van der Waals surface area contributed by atoms with Crippen LogP contribution in [0.15, 0.2) is 24.3 Å². The Morgan fingerprint density at radius 3 is 2.47 bits per heavy atom. The lowest BCUT2D eigenvalue weighted by atomic mass is 10.0. The number of rotatable bonds is 5. The van der Waals surface area contributed by atoms with E-state index in [2.05, 4.69) is 5.32 Å². The quantitative estimate of drug-likeness (QED) is 0.806. The zero-order chi connectivity index (χ0) is 14.3. The second kappa shape index (κ2) is 7.17. The number of nitrogens with zero attached hydrogens (tertiary/aromatic N) is 1. The van der Waals surface area contributed by atoms with Crippen LogP contribution >= 0.6 is 0 Å². The van der Waals surface area contributed by atoms with E-state index in [0.717, 1.165) is 5.56 Å². The number of nitrogens with one attached hydrogen (secondary N) is 1. The van der Waals surface area contributed by atoms with Gasteiger partial charge in [-0.05, 0) is 24.6 Å². The summed E-state index contributed by atoms with van der Waals surface area (Å²) in [7, 11) is 0. The molecule has 0 spiro atoms. The van der Waals surface area contributed by atoms with Crippen molar-refractivity contribution in [1.82, 2.24) is 5.32 Å². The highest BCUT2D eigenvalue weighted by Gasteiger charge is 2.20. The molecule has 0 saturated carbocycles. The summed E-state index contributed by atoms with van der Waals surface area (Å²) in [5.41, 5.74) is 1.40. The number of carbonyl (C=O) groups excluding carboxylic acids is 2. The van der Waals surface area contributed by atoms with Crippen LogP contribution in [0.25, 0.3) is 0 Å². The Morgan fingerprint density at radius 1 is 1.37 bits per heavy atom. The van der Waals surface area contributed by atoms with Crippen molar-refractivity contribution in [3.8, 4) is 6.07 Å². The van der Waals surface area contributed by atoms with Crippen molar-refractivity contribution < 1.29 is 14.3 Å². The molecule has 0 fully saturated rings. The molecule has 0 heterocycles. The van der Waals surface area contributed by atoms with Crippen molar-refractivity contribution in [2.24, 2.45) is 0 Å². The smallest absolute Gasteiger partial charge is 0.328 e. The number of nitriles is 1. The highest BCUT2D eigenvalue weighted by molar-refractivity contribution is 5.83. The molecule has 0 saturated heterocycles. The molecule has 0 aliphatic heterocycles. The van der Waals surface area contributed by atoms with Gasteiger partial charge in [-0.3, -0.25) is 4.79 Å². The van der Waals surface area contributed by atoms with E-state index in [-0.39, 0.29) is 12.5 Å². The van der Waals surface area contributed by atoms with Crippen molar-refractivity contribution in [3.05, 3.63) is 35.4 Å². The predicted octanol–water partition coefficient (Wildman–Crippen LogP) is 1.17. The second-order valence-corrected chi connectivity index (χ2v) is 4.02. The number of hydrogen-bond donors (Lipinski definition) is 1. The number of hydrogen-bond acceptors (Lipinski definition) is 4. The number of esters is 1. The van der Waals surface area contributed by atoms with Gasteiger partial charge in [0.15, 0.2) is 0 Å². The average molecular weight is 260 g/mol. The Morgan fingerprint density at radius 2 is 2.00 bits per heavy atom. The molecule has 0 bridgehead atoms. The Kier molecular flexibility index (Phi) is 5.55. The molecule has 1 aromatic carbocycles. The molecule has 5 nitrogen and oxygen atoms in total. The van der Waals surface area contributed by atoms with Gasteiger partial charge in [-0.25, -0.2) is 4.79 Å². The highest BCUT2D eigenvalue weighted by Crippen LogP contribution is 2.07. The molecule has 5 heteroatoms. The van der Waals surface area contributed by atoms with Gasteiger partial charge < -0.3 is 10.1 Å². The zero-order valence-electron chi connectivity index (χ0n) is 11.0. The maximum Gasteiger partial charge on any atom is 0.328 e.